The third-order valence-electron chi connectivity index (χ3n) is 2.57. The molecule has 0 heterocycles. The highest BCUT2D eigenvalue weighted by Crippen LogP contribution is 2.24. The van der Waals surface area contributed by atoms with Gasteiger partial charge in [-0.2, -0.15) is 0 Å². The molecular weight excluding hydrogens is 248 g/mol. The molecule has 0 radical (unpaired) electrons. The molecule has 0 nitrogen and oxygen atoms in total. The van der Waals surface area contributed by atoms with E-state index in [4.69, 9.17) is 0 Å². The van der Waals surface area contributed by atoms with Crippen LogP contribution in [-0.2, 0) is 10.9 Å². The Bertz CT molecular complexity index is 513. The Labute approximate surface area is 118 Å². The quantitative estimate of drug-likeness (QED) is 0.528. The van der Waals surface area contributed by atoms with Gasteiger partial charge in [0.2, 0.25) is 0 Å². The van der Waals surface area contributed by atoms with Crippen molar-refractivity contribution in [1.29, 1.82) is 0 Å². The normalized spacial score (nSPS) is 11.4. The first-order valence-electron chi connectivity index (χ1n) is 6.21. The van der Waals surface area contributed by atoms with Crippen molar-refractivity contribution in [3.63, 3.8) is 0 Å². The van der Waals surface area contributed by atoms with E-state index in [0.29, 0.717) is 0 Å². The van der Waals surface area contributed by atoms with Crippen molar-refractivity contribution in [3.05, 3.63) is 97.0 Å². The van der Waals surface area contributed by atoms with Crippen molar-refractivity contribution < 1.29 is 0 Å². The lowest BCUT2D eigenvalue weighted by molar-refractivity contribution is 1.39. The number of rotatable bonds is 5. The Balaban J connectivity index is 2.31. The lowest BCUT2D eigenvalue weighted by atomic mass is 10.4. The Morgan fingerprint density at radius 1 is 0.684 bits per heavy atom. The minimum absolute atomic E-state index is 0.0208. The van der Waals surface area contributed by atoms with Gasteiger partial charge >= 0.3 is 0 Å². The summed E-state index contributed by atoms with van der Waals surface area (Å²) in [6, 6.07) is 21.2. The van der Waals surface area contributed by atoms with Crippen LogP contribution >= 0.6 is 0 Å². The molecule has 0 aromatic heterocycles. The zero-order chi connectivity index (χ0) is 13.3. The molecule has 0 aliphatic rings. The molecule has 0 aliphatic carbocycles. The Morgan fingerprint density at radius 2 is 1.21 bits per heavy atom. The Hall–Kier alpha value is -1.99. The molecule has 0 amide bonds. The summed E-state index contributed by atoms with van der Waals surface area (Å²) in [5.74, 6) is 0. The number of benzene rings is 2. The van der Waals surface area contributed by atoms with Gasteiger partial charge in [-0.25, -0.2) is 0 Å². The molecule has 2 rings (SSSR count). The van der Waals surface area contributed by atoms with Crippen molar-refractivity contribution in [2.75, 3.05) is 0 Å². The molecule has 0 atom stereocenters. The van der Waals surface area contributed by atoms with Gasteiger partial charge in [0.1, 0.15) is 5.41 Å². The van der Waals surface area contributed by atoms with E-state index < -0.39 is 0 Å². The second kappa shape index (κ2) is 7.45. The fraction of sp³-hybridized carbons (Fsp3) is 0. The zero-order valence-corrected chi connectivity index (χ0v) is 11.6. The van der Waals surface area contributed by atoms with Crippen LogP contribution in [0.25, 0.3) is 0 Å². The standard InChI is InChI=1S/C18H17S/c1-2-3-4-11-16-19(17-12-7-5-8-13-17)18-14-9-6-10-15-18/h2-16H,1H2/q+1/b4-3-,16-11+. The van der Waals surface area contributed by atoms with E-state index in [-0.39, 0.29) is 10.9 Å². The van der Waals surface area contributed by atoms with Gasteiger partial charge in [0.05, 0.1) is 10.9 Å². The molecule has 0 spiro atoms. The largest absolute Gasteiger partial charge is 0.165 e. The minimum atomic E-state index is -0.0208. The lowest BCUT2D eigenvalue weighted by Crippen LogP contribution is -1.98. The molecule has 0 N–H and O–H groups in total. The second-order valence-electron chi connectivity index (χ2n) is 3.91. The third-order valence-corrected chi connectivity index (χ3v) is 4.56. The molecule has 0 saturated heterocycles. The molecule has 2 aromatic carbocycles. The molecule has 1 heteroatoms. The van der Waals surface area contributed by atoms with Gasteiger partial charge in [-0.15, -0.1) is 0 Å². The van der Waals surface area contributed by atoms with E-state index in [2.05, 4.69) is 78.7 Å². The number of hydrogen-bond acceptors (Lipinski definition) is 0. The van der Waals surface area contributed by atoms with Crippen molar-refractivity contribution in [1.82, 2.24) is 0 Å². The Kier molecular flexibility index (Phi) is 5.27. The van der Waals surface area contributed by atoms with Gasteiger partial charge in [-0.3, -0.25) is 0 Å². The fourth-order valence-electron chi connectivity index (χ4n) is 1.69. The molecule has 0 aliphatic heterocycles. The minimum Gasteiger partial charge on any atom is -0.0991 e. The van der Waals surface area contributed by atoms with Crippen LogP contribution in [0, 0.1) is 0 Å². The van der Waals surface area contributed by atoms with Crippen LogP contribution in [0.5, 0.6) is 0 Å². The highest BCUT2D eigenvalue weighted by Gasteiger charge is 2.21. The van der Waals surface area contributed by atoms with Crippen LogP contribution in [0.4, 0.5) is 0 Å². The van der Waals surface area contributed by atoms with Gasteiger partial charge < -0.3 is 0 Å². The predicted octanol–water partition coefficient (Wildman–Crippen LogP) is 4.98. The summed E-state index contributed by atoms with van der Waals surface area (Å²) >= 11 is 0. The maximum Gasteiger partial charge on any atom is 0.165 e. The first kappa shape index (κ1) is 13.4. The average Bonchev–Trinajstić information content (AvgIpc) is 2.49. The van der Waals surface area contributed by atoms with Gasteiger partial charge in [0, 0.05) is 0 Å². The smallest absolute Gasteiger partial charge is 0.0991 e. The van der Waals surface area contributed by atoms with E-state index in [0.717, 1.165) is 0 Å². The van der Waals surface area contributed by atoms with Crippen LogP contribution in [0.15, 0.2) is 107 Å². The molecule has 19 heavy (non-hydrogen) atoms. The summed E-state index contributed by atoms with van der Waals surface area (Å²) < 4.78 is 0. The van der Waals surface area contributed by atoms with Crippen molar-refractivity contribution in [3.8, 4) is 0 Å². The second-order valence-corrected chi connectivity index (χ2v) is 5.80. The molecule has 0 bridgehead atoms. The molecule has 94 valence electrons. The monoisotopic (exact) mass is 265 g/mol. The molecular formula is C18H17S+. The first-order valence-corrected chi connectivity index (χ1v) is 7.49. The lowest BCUT2D eigenvalue weighted by Gasteiger charge is -2.02. The van der Waals surface area contributed by atoms with Gasteiger partial charge in [0.25, 0.3) is 0 Å². The van der Waals surface area contributed by atoms with E-state index in [9.17, 15) is 0 Å². The summed E-state index contributed by atoms with van der Waals surface area (Å²) in [6.07, 6.45) is 7.82. The maximum atomic E-state index is 3.68. The van der Waals surface area contributed by atoms with E-state index >= 15 is 0 Å². The summed E-state index contributed by atoms with van der Waals surface area (Å²) in [5.41, 5.74) is 0. The van der Waals surface area contributed by atoms with Crippen LogP contribution in [-0.4, -0.2) is 0 Å². The average molecular weight is 265 g/mol. The molecule has 0 saturated carbocycles. The summed E-state index contributed by atoms with van der Waals surface area (Å²) in [4.78, 5) is 2.66. The topological polar surface area (TPSA) is 0 Å². The summed E-state index contributed by atoms with van der Waals surface area (Å²) in [5, 5.41) is 2.24. The predicted molar refractivity (Wildman–Crippen MR) is 85.3 cm³/mol. The first-order chi connectivity index (χ1) is 9.42. The Morgan fingerprint density at radius 3 is 1.68 bits per heavy atom. The van der Waals surface area contributed by atoms with Crippen molar-refractivity contribution in [2.24, 2.45) is 0 Å². The van der Waals surface area contributed by atoms with Gasteiger partial charge in [-0.05, 0) is 30.3 Å². The number of hydrogen-bond donors (Lipinski definition) is 0. The van der Waals surface area contributed by atoms with E-state index in [1.165, 1.54) is 9.79 Å². The molecule has 0 fully saturated rings. The summed E-state index contributed by atoms with van der Waals surface area (Å²) in [6.45, 7) is 3.68. The van der Waals surface area contributed by atoms with E-state index in [1.54, 1.807) is 6.08 Å². The van der Waals surface area contributed by atoms with Crippen LogP contribution in [0.1, 0.15) is 0 Å². The van der Waals surface area contributed by atoms with Crippen LogP contribution < -0.4 is 0 Å². The van der Waals surface area contributed by atoms with Crippen molar-refractivity contribution in [2.45, 2.75) is 9.79 Å². The van der Waals surface area contributed by atoms with Crippen LogP contribution in [0.3, 0.4) is 0 Å². The van der Waals surface area contributed by atoms with E-state index in [1.807, 2.05) is 12.2 Å². The third kappa shape index (κ3) is 4.01. The summed E-state index contributed by atoms with van der Waals surface area (Å²) in [7, 11) is -0.0208. The van der Waals surface area contributed by atoms with Crippen molar-refractivity contribution >= 4 is 10.9 Å². The molecule has 0 unspecified atom stereocenters. The molecule has 2 aromatic rings. The van der Waals surface area contributed by atoms with Crippen LogP contribution in [0.2, 0.25) is 0 Å². The zero-order valence-electron chi connectivity index (χ0n) is 10.8. The highest BCUT2D eigenvalue weighted by atomic mass is 32.2. The fourth-order valence-corrected chi connectivity index (χ4v) is 3.43. The SMILES string of the molecule is C=C/C=C\C=C\[S+](c1ccccc1)c1ccccc1. The highest BCUT2D eigenvalue weighted by molar-refractivity contribution is 7.99. The van der Waals surface area contributed by atoms with Gasteiger partial charge in [-0.1, -0.05) is 61.2 Å². The number of allylic oxidation sites excluding steroid dienone is 4. The van der Waals surface area contributed by atoms with Gasteiger partial charge in [0.15, 0.2) is 9.79 Å². The maximum absolute atomic E-state index is 3.68.